The average molecular weight is 334 g/mol. The molecular weight excluding hydrogens is 308 g/mol. The van der Waals surface area contributed by atoms with Gasteiger partial charge in [-0.1, -0.05) is 19.3 Å². The maximum atomic E-state index is 12.3. The molecule has 1 aliphatic carbocycles. The summed E-state index contributed by atoms with van der Waals surface area (Å²) in [4.78, 5) is 26.8. The SMILES string of the molecule is CC(=NN1CCCCC1)c1c(O)n(C2CCCCC2)c(=O)[nH]c1=O. The third kappa shape index (κ3) is 3.39. The van der Waals surface area contributed by atoms with Crippen molar-refractivity contribution in [2.24, 2.45) is 5.10 Å². The largest absolute Gasteiger partial charge is 0.494 e. The minimum atomic E-state index is -0.567. The van der Waals surface area contributed by atoms with Gasteiger partial charge in [0.1, 0.15) is 5.56 Å². The number of hydrogen-bond acceptors (Lipinski definition) is 5. The Morgan fingerprint density at radius 1 is 1.08 bits per heavy atom. The quantitative estimate of drug-likeness (QED) is 0.827. The molecule has 2 N–H and O–H groups in total. The van der Waals surface area contributed by atoms with Crippen molar-refractivity contribution in [3.8, 4) is 5.88 Å². The maximum Gasteiger partial charge on any atom is 0.331 e. The molecule has 7 heteroatoms. The van der Waals surface area contributed by atoms with Gasteiger partial charge in [-0.2, -0.15) is 5.10 Å². The van der Waals surface area contributed by atoms with E-state index in [-0.39, 0.29) is 17.5 Å². The molecule has 1 aliphatic heterocycles. The van der Waals surface area contributed by atoms with Crippen molar-refractivity contribution in [2.45, 2.75) is 64.3 Å². The third-order valence-corrected chi connectivity index (χ3v) is 5.04. The van der Waals surface area contributed by atoms with Gasteiger partial charge in [-0.15, -0.1) is 0 Å². The van der Waals surface area contributed by atoms with Crippen LogP contribution in [0.1, 0.15) is 69.9 Å². The lowest BCUT2D eigenvalue weighted by molar-refractivity contribution is 0.239. The number of aromatic hydroxyl groups is 1. The van der Waals surface area contributed by atoms with Crippen molar-refractivity contribution in [1.82, 2.24) is 14.6 Å². The lowest BCUT2D eigenvalue weighted by Gasteiger charge is -2.26. The van der Waals surface area contributed by atoms with Crippen molar-refractivity contribution >= 4 is 5.71 Å². The summed E-state index contributed by atoms with van der Waals surface area (Å²) in [7, 11) is 0. The molecule has 0 aromatic carbocycles. The Labute approximate surface area is 141 Å². The molecule has 1 saturated heterocycles. The minimum absolute atomic E-state index is 0.0513. The van der Waals surface area contributed by atoms with E-state index in [9.17, 15) is 14.7 Å². The Morgan fingerprint density at radius 2 is 1.71 bits per heavy atom. The molecule has 132 valence electrons. The molecule has 3 rings (SSSR count). The van der Waals surface area contributed by atoms with Gasteiger partial charge in [0.25, 0.3) is 5.56 Å². The number of aromatic amines is 1. The van der Waals surface area contributed by atoms with Crippen LogP contribution in [0, 0.1) is 0 Å². The van der Waals surface area contributed by atoms with Gasteiger partial charge in [0, 0.05) is 19.1 Å². The minimum Gasteiger partial charge on any atom is -0.494 e. The van der Waals surface area contributed by atoms with Gasteiger partial charge >= 0.3 is 5.69 Å². The second-order valence-corrected chi connectivity index (χ2v) is 6.82. The Bertz CT molecular complexity index is 722. The second-order valence-electron chi connectivity index (χ2n) is 6.82. The molecule has 0 unspecified atom stereocenters. The van der Waals surface area contributed by atoms with E-state index in [0.717, 1.165) is 58.0 Å². The van der Waals surface area contributed by atoms with Crippen LogP contribution in [0.2, 0.25) is 0 Å². The van der Waals surface area contributed by atoms with Crippen LogP contribution in [-0.2, 0) is 0 Å². The molecule has 1 aromatic rings. The molecule has 24 heavy (non-hydrogen) atoms. The fourth-order valence-electron chi connectivity index (χ4n) is 3.78. The van der Waals surface area contributed by atoms with Gasteiger partial charge in [-0.3, -0.25) is 19.4 Å². The van der Waals surface area contributed by atoms with E-state index in [4.69, 9.17) is 0 Å². The van der Waals surface area contributed by atoms with Crippen molar-refractivity contribution in [3.05, 3.63) is 26.4 Å². The molecule has 0 spiro atoms. The van der Waals surface area contributed by atoms with Crippen molar-refractivity contribution in [3.63, 3.8) is 0 Å². The number of hydrogen-bond donors (Lipinski definition) is 2. The summed E-state index contributed by atoms with van der Waals surface area (Å²) in [6.07, 6.45) is 8.28. The fraction of sp³-hybridized carbons (Fsp3) is 0.706. The first-order valence-corrected chi connectivity index (χ1v) is 8.96. The van der Waals surface area contributed by atoms with E-state index in [2.05, 4.69) is 10.1 Å². The highest BCUT2D eigenvalue weighted by atomic mass is 16.3. The molecule has 0 atom stereocenters. The third-order valence-electron chi connectivity index (χ3n) is 5.04. The van der Waals surface area contributed by atoms with E-state index in [1.54, 1.807) is 6.92 Å². The molecule has 0 bridgehead atoms. The van der Waals surface area contributed by atoms with E-state index < -0.39 is 11.2 Å². The molecule has 1 aromatic heterocycles. The molecule has 7 nitrogen and oxygen atoms in total. The van der Waals surface area contributed by atoms with Crippen molar-refractivity contribution in [1.29, 1.82) is 0 Å². The molecule has 2 aliphatic rings. The van der Waals surface area contributed by atoms with Crippen LogP contribution in [0.3, 0.4) is 0 Å². The van der Waals surface area contributed by atoms with Crippen LogP contribution in [-0.4, -0.2) is 38.5 Å². The zero-order chi connectivity index (χ0) is 17.1. The highest BCUT2D eigenvalue weighted by Crippen LogP contribution is 2.30. The van der Waals surface area contributed by atoms with Crippen LogP contribution in [0.25, 0.3) is 0 Å². The van der Waals surface area contributed by atoms with E-state index >= 15 is 0 Å². The van der Waals surface area contributed by atoms with Gasteiger partial charge in [0.05, 0.1) is 5.71 Å². The molecule has 1 saturated carbocycles. The first kappa shape index (κ1) is 16.8. The van der Waals surface area contributed by atoms with Crippen LogP contribution in [0.4, 0.5) is 0 Å². The number of piperidine rings is 1. The van der Waals surface area contributed by atoms with Gasteiger partial charge in [0.15, 0.2) is 0 Å². The maximum absolute atomic E-state index is 12.3. The first-order chi connectivity index (χ1) is 11.6. The topological polar surface area (TPSA) is 90.7 Å². The van der Waals surface area contributed by atoms with Crippen molar-refractivity contribution < 1.29 is 5.11 Å². The summed E-state index contributed by atoms with van der Waals surface area (Å²) in [6.45, 7) is 3.44. The Morgan fingerprint density at radius 3 is 2.38 bits per heavy atom. The lowest BCUT2D eigenvalue weighted by Crippen LogP contribution is -2.36. The van der Waals surface area contributed by atoms with Gasteiger partial charge in [0.2, 0.25) is 5.88 Å². The number of rotatable bonds is 3. The van der Waals surface area contributed by atoms with E-state index in [1.165, 1.54) is 11.0 Å². The predicted octanol–water partition coefficient (Wildman–Crippen LogP) is 1.96. The highest BCUT2D eigenvalue weighted by molar-refractivity contribution is 6.00. The number of hydrazone groups is 1. The molecular formula is C17H26N4O3. The van der Waals surface area contributed by atoms with E-state index in [0.29, 0.717) is 5.71 Å². The highest BCUT2D eigenvalue weighted by Gasteiger charge is 2.24. The Balaban J connectivity index is 1.99. The summed E-state index contributed by atoms with van der Waals surface area (Å²) in [5.41, 5.74) is -0.521. The van der Waals surface area contributed by atoms with Gasteiger partial charge in [-0.25, -0.2) is 4.79 Å². The van der Waals surface area contributed by atoms with Crippen LogP contribution in [0.15, 0.2) is 14.7 Å². The smallest absolute Gasteiger partial charge is 0.331 e. The standard InChI is InChI=1S/C17H26N4O3/c1-12(19-20-10-6-3-7-11-20)14-15(22)18-17(24)21(16(14)23)13-8-4-2-5-9-13/h13,23H,2-11H2,1H3,(H,18,22,24). The number of H-pyrrole nitrogens is 1. The Hall–Kier alpha value is -2.05. The van der Waals surface area contributed by atoms with E-state index in [1.807, 2.05) is 5.01 Å². The average Bonchev–Trinajstić information content (AvgIpc) is 2.56. The summed E-state index contributed by atoms with van der Waals surface area (Å²) in [5.74, 6) is -0.242. The first-order valence-electron chi connectivity index (χ1n) is 8.96. The Kier molecular flexibility index (Phi) is 5.06. The lowest BCUT2D eigenvalue weighted by atomic mass is 9.95. The normalized spacial score (nSPS) is 20.4. The zero-order valence-corrected chi connectivity index (χ0v) is 14.3. The summed E-state index contributed by atoms with van der Waals surface area (Å²) in [5, 5.41) is 17.1. The monoisotopic (exact) mass is 334 g/mol. The zero-order valence-electron chi connectivity index (χ0n) is 14.3. The molecule has 0 amide bonds. The van der Waals surface area contributed by atoms with Crippen LogP contribution >= 0.6 is 0 Å². The summed E-state index contributed by atoms with van der Waals surface area (Å²) < 4.78 is 1.35. The second kappa shape index (κ2) is 7.23. The predicted molar refractivity (Wildman–Crippen MR) is 92.7 cm³/mol. The molecule has 2 fully saturated rings. The number of nitrogens with zero attached hydrogens (tertiary/aromatic N) is 3. The van der Waals surface area contributed by atoms with Crippen molar-refractivity contribution in [2.75, 3.05) is 13.1 Å². The van der Waals surface area contributed by atoms with Crippen LogP contribution in [0.5, 0.6) is 5.88 Å². The number of aromatic nitrogens is 2. The molecule has 2 heterocycles. The van der Waals surface area contributed by atoms with Crippen LogP contribution < -0.4 is 11.2 Å². The number of nitrogens with one attached hydrogen (secondary N) is 1. The summed E-state index contributed by atoms with van der Waals surface area (Å²) >= 11 is 0. The van der Waals surface area contributed by atoms with Gasteiger partial charge in [-0.05, 0) is 39.0 Å². The van der Waals surface area contributed by atoms with Gasteiger partial charge < -0.3 is 5.11 Å². The molecule has 0 radical (unpaired) electrons. The summed E-state index contributed by atoms with van der Waals surface area (Å²) in [6, 6.07) is -0.0513. The fourth-order valence-corrected chi connectivity index (χ4v) is 3.78.